The molecule has 1 aliphatic carbocycles. The monoisotopic (exact) mass is 442 g/mol. The van der Waals surface area contributed by atoms with Gasteiger partial charge in [-0.3, -0.25) is 4.79 Å². The third-order valence-corrected chi connectivity index (χ3v) is 6.31. The van der Waals surface area contributed by atoms with Gasteiger partial charge in [0.2, 0.25) is 0 Å². The number of thiophene rings is 1. The number of carbonyl (C=O) groups is 1. The maximum Gasteiger partial charge on any atom is 0.255 e. The molecule has 0 aliphatic heterocycles. The molecule has 6 heteroatoms. The van der Waals surface area contributed by atoms with Crippen molar-refractivity contribution in [3.05, 3.63) is 74.5 Å². The topological polar surface area (TPSA) is 54.6 Å². The summed E-state index contributed by atoms with van der Waals surface area (Å²) >= 11 is 5.09. The van der Waals surface area contributed by atoms with Crippen LogP contribution in [-0.2, 0) is 19.4 Å². The first-order valence-corrected chi connectivity index (χ1v) is 10.6. The lowest BCUT2D eigenvalue weighted by Crippen LogP contribution is -2.23. The second-order valence-electron chi connectivity index (χ2n) is 6.46. The van der Waals surface area contributed by atoms with Gasteiger partial charge in [0.15, 0.2) is 0 Å². The molecular formula is C21H19BrN2O2S. The van der Waals surface area contributed by atoms with E-state index in [0.29, 0.717) is 6.54 Å². The van der Waals surface area contributed by atoms with Crippen molar-refractivity contribution in [2.24, 2.45) is 4.99 Å². The molecule has 0 saturated carbocycles. The molecule has 138 valence electrons. The first kappa shape index (κ1) is 18.2. The minimum Gasteiger partial charge on any atom is -0.467 e. The summed E-state index contributed by atoms with van der Waals surface area (Å²) in [6.45, 7) is 0.381. The van der Waals surface area contributed by atoms with Crippen LogP contribution in [0.2, 0.25) is 0 Å². The van der Waals surface area contributed by atoms with Crippen LogP contribution in [0, 0.1) is 0 Å². The lowest BCUT2D eigenvalue weighted by Gasteiger charge is -2.12. The molecule has 1 aliphatic rings. The quantitative estimate of drug-likeness (QED) is 0.517. The van der Waals surface area contributed by atoms with Crippen LogP contribution in [0.15, 0.2) is 56.5 Å². The number of benzene rings is 1. The van der Waals surface area contributed by atoms with Gasteiger partial charge in [0.25, 0.3) is 5.91 Å². The Morgan fingerprint density at radius 2 is 2.04 bits per heavy atom. The van der Waals surface area contributed by atoms with Crippen LogP contribution < -0.4 is 5.32 Å². The van der Waals surface area contributed by atoms with Gasteiger partial charge >= 0.3 is 0 Å². The number of aliphatic imine (C=N–C) groups is 1. The van der Waals surface area contributed by atoms with Crippen molar-refractivity contribution < 1.29 is 9.21 Å². The van der Waals surface area contributed by atoms with Gasteiger partial charge in [0.05, 0.1) is 18.4 Å². The Balaban J connectivity index is 1.61. The molecule has 27 heavy (non-hydrogen) atoms. The Bertz CT molecular complexity index is 959. The molecule has 1 N–H and O–H groups in total. The van der Waals surface area contributed by atoms with E-state index in [0.717, 1.165) is 45.6 Å². The van der Waals surface area contributed by atoms with Gasteiger partial charge in [-0.05, 0) is 61.1 Å². The van der Waals surface area contributed by atoms with E-state index in [-0.39, 0.29) is 5.91 Å². The van der Waals surface area contributed by atoms with Crippen LogP contribution in [0.1, 0.15) is 45.0 Å². The van der Waals surface area contributed by atoms with Crippen molar-refractivity contribution in [1.82, 2.24) is 5.32 Å². The predicted octanol–water partition coefficient (Wildman–Crippen LogP) is 5.66. The third kappa shape index (κ3) is 4.22. The zero-order chi connectivity index (χ0) is 18.6. The number of hydrogen-bond donors (Lipinski definition) is 1. The summed E-state index contributed by atoms with van der Waals surface area (Å²) < 4.78 is 6.35. The molecule has 4 nitrogen and oxygen atoms in total. The molecule has 0 bridgehead atoms. The number of furan rings is 1. The van der Waals surface area contributed by atoms with Gasteiger partial charge < -0.3 is 9.73 Å². The van der Waals surface area contributed by atoms with E-state index >= 15 is 0 Å². The van der Waals surface area contributed by atoms with E-state index in [1.54, 1.807) is 17.6 Å². The van der Waals surface area contributed by atoms with Crippen molar-refractivity contribution in [3.63, 3.8) is 0 Å². The van der Waals surface area contributed by atoms with Gasteiger partial charge in [-0.2, -0.15) is 0 Å². The highest BCUT2D eigenvalue weighted by Crippen LogP contribution is 2.39. The normalized spacial score (nSPS) is 13.7. The number of hydrogen-bond acceptors (Lipinski definition) is 4. The van der Waals surface area contributed by atoms with Crippen LogP contribution in [0.4, 0.5) is 5.00 Å². The molecule has 1 aromatic carbocycles. The fraction of sp³-hybridized carbons (Fsp3) is 0.238. The number of rotatable bonds is 5. The molecule has 0 unspecified atom stereocenters. The summed E-state index contributed by atoms with van der Waals surface area (Å²) in [7, 11) is 0. The molecule has 0 radical (unpaired) electrons. The number of nitrogens with one attached hydrogen (secondary N) is 1. The highest BCUT2D eigenvalue weighted by atomic mass is 79.9. The predicted molar refractivity (Wildman–Crippen MR) is 112 cm³/mol. The summed E-state index contributed by atoms with van der Waals surface area (Å²) in [6, 6.07) is 11.6. The molecule has 0 spiro atoms. The average Bonchev–Trinajstić information content (AvgIpc) is 3.33. The van der Waals surface area contributed by atoms with E-state index in [1.807, 2.05) is 42.6 Å². The summed E-state index contributed by atoms with van der Waals surface area (Å²) in [5.41, 5.74) is 2.91. The van der Waals surface area contributed by atoms with Gasteiger partial charge in [-0.25, -0.2) is 4.99 Å². The lowest BCUT2D eigenvalue weighted by molar-refractivity contribution is 0.0948. The van der Waals surface area contributed by atoms with Crippen molar-refractivity contribution in [3.8, 4) is 0 Å². The molecular weight excluding hydrogens is 424 g/mol. The number of fused-ring (bicyclic) bond motifs is 1. The first-order chi connectivity index (χ1) is 13.2. The smallest absolute Gasteiger partial charge is 0.255 e. The second-order valence-corrected chi connectivity index (χ2v) is 8.46. The fourth-order valence-electron chi connectivity index (χ4n) is 3.23. The molecule has 0 atom stereocenters. The van der Waals surface area contributed by atoms with E-state index in [4.69, 9.17) is 4.42 Å². The van der Waals surface area contributed by atoms with E-state index < -0.39 is 0 Å². The number of nitrogens with zero attached hydrogens (tertiary/aromatic N) is 1. The Morgan fingerprint density at radius 3 is 2.81 bits per heavy atom. The fourth-order valence-corrected chi connectivity index (χ4v) is 4.72. The van der Waals surface area contributed by atoms with E-state index in [9.17, 15) is 4.79 Å². The molecule has 0 fully saturated rings. The van der Waals surface area contributed by atoms with Gasteiger partial charge in [0.1, 0.15) is 10.8 Å². The molecule has 3 aromatic rings. The van der Waals surface area contributed by atoms with E-state index in [1.165, 1.54) is 16.9 Å². The van der Waals surface area contributed by atoms with Crippen molar-refractivity contribution in [1.29, 1.82) is 0 Å². The molecule has 1 amide bonds. The van der Waals surface area contributed by atoms with Crippen LogP contribution in [-0.4, -0.2) is 12.1 Å². The molecule has 4 rings (SSSR count). The lowest BCUT2D eigenvalue weighted by atomic mass is 9.95. The Morgan fingerprint density at radius 1 is 1.22 bits per heavy atom. The standard InChI is InChI=1S/C21H19BrN2O2S/c22-15-9-7-14(8-10-15)12-24-21-19(17-5-1-2-6-18(17)27-21)20(25)23-13-16-4-3-11-26-16/h3-4,7-12H,1-2,5-6,13H2,(H,23,25)/b24-12-. The first-order valence-electron chi connectivity index (χ1n) is 8.95. The summed E-state index contributed by atoms with van der Waals surface area (Å²) in [5.74, 6) is 0.668. The Kier molecular flexibility index (Phi) is 5.55. The van der Waals surface area contributed by atoms with Crippen molar-refractivity contribution in [2.75, 3.05) is 0 Å². The van der Waals surface area contributed by atoms with Crippen LogP contribution in [0.3, 0.4) is 0 Å². The summed E-state index contributed by atoms with van der Waals surface area (Å²) in [5, 5.41) is 3.77. The maximum atomic E-state index is 12.9. The maximum absolute atomic E-state index is 12.9. The molecule has 2 aromatic heterocycles. The summed E-state index contributed by atoms with van der Waals surface area (Å²) in [4.78, 5) is 18.9. The SMILES string of the molecule is O=C(NCc1ccco1)c1c(/N=C\c2ccc(Br)cc2)sc2c1CCCC2. The Hall–Kier alpha value is -2.18. The van der Waals surface area contributed by atoms with Crippen molar-refractivity contribution in [2.45, 2.75) is 32.2 Å². The number of carbonyl (C=O) groups excluding carboxylic acids is 1. The van der Waals surface area contributed by atoms with Gasteiger partial charge in [-0.15, -0.1) is 11.3 Å². The number of aryl methyl sites for hydroxylation is 1. The Labute approximate surface area is 170 Å². The van der Waals surface area contributed by atoms with Crippen LogP contribution >= 0.6 is 27.3 Å². The second kappa shape index (κ2) is 8.23. The zero-order valence-electron chi connectivity index (χ0n) is 14.7. The number of amides is 1. The van der Waals surface area contributed by atoms with Gasteiger partial charge in [-0.1, -0.05) is 28.1 Å². The van der Waals surface area contributed by atoms with Crippen LogP contribution in [0.5, 0.6) is 0 Å². The largest absolute Gasteiger partial charge is 0.467 e. The average molecular weight is 443 g/mol. The minimum absolute atomic E-state index is 0.0752. The molecule has 2 heterocycles. The van der Waals surface area contributed by atoms with Crippen LogP contribution in [0.25, 0.3) is 0 Å². The highest BCUT2D eigenvalue weighted by Gasteiger charge is 2.25. The highest BCUT2D eigenvalue weighted by molar-refractivity contribution is 9.10. The summed E-state index contributed by atoms with van der Waals surface area (Å²) in [6.07, 6.45) is 7.72. The minimum atomic E-state index is -0.0752. The molecule has 0 saturated heterocycles. The number of halogens is 1. The zero-order valence-corrected chi connectivity index (χ0v) is 17.1. The van der Waals surface area contributed by atoms with Crippen molar-refractivity contribution >= 4 is 44.4 Å². The third-order valence-electron chi connectivity index (χ3n) is 4.58. The van der Waals surface area contributed by atoms with E-state index in [2.05, 4.69) is 26.2 Å². The van der Waals surface area contributed by atoms with Gasteiger partial charge in [0, 0.05) is 15.6 Å².